The van der Waals surface area contributed by atoms with E-state index in [1.54, 1.807) is 26.5 Å². The second-order valence-corrected chi connectivity index (χ2v) is 4.27. The summed E-state index contributed by atoms with van der Waals surface area (Å²) in [5, 5.41) is 3.32. The SMILES string of the molecule is COc1ccnc(CO[C@H]2CCCNC2)c1OC. The van der Waals surface area contributed by atoms with Gasteiger partial charge in [-0.15, -0.1) is 0 Å². The Hall–Kier alpha value is -1.33. The van der Waals surface area contributed by atoms with Gasteiger partial charge in [0, 0.05) is 18.8 Å². The molecule has 0 aliphatic carbocycles. The highest BCUT2D eigenvalue weighted by atomic mass is 16.5. The van der Waals surface area contributed by atoms with Crippen molar-refractivity contribution >= 4 is 0 Å². The molecule has 0 unspecified atom stereocenters. The predicted octanol–water partition coefficient (Wildman–Crippen LogP) is 1.37. The molecule has 1 aromatic rings. The third kappa shape index (κ3) is 3.11. The number of rotatable bonds is 5. The summed E-state index contributed by atoms with van der Waals surface area (Å²) in [6.07, 6.45) is 4.22. The van der Waals surface area contributed by atoms with Crippen LogP contribution in [0.4, 0.5) is 0 Å². The Bertz CT molecular complexity index is 378. The van der Waals surface area contributed by atoms with Crippen molar-refractivity contribution in [3.63, 3.8) is 0 Å². The van der Waals surface area contributed by atoms with Crippen LogP contribution in [0.15, 0.2) is 12.3 Å². The Morgan fingerprint density at radius 3 is 2.94 bits per heavy atom. The van der Waals surface area contributed by atoms with Gasteiger partial charge in [0.05, 0.1) is 26.9 Å². The molecule has 5 heteroatoms. The van der Waals surface area contributed by atoms with Crippen LogP contribution in [0, 0.1) is 0 Å². The van der Waals surface area contributed by atoms with E-state index in [0.29, 0.717) is 18.1 Å². The van der Waals surface area contributed by atoms with E-state index in [9.17, 15) is 0 Å². The molecular formula is C13H20N2O3. The molecular weight excluding hydrogens is 232 g/mol. The summed E-state index contributed by atoms with van der Waals surface area (Å²) in [6.45, 7) is 2.44. The number of hydrogen-bond acceptors (Lipinski definition) is 5. The maximum atomic E-state index is 5.85. The van der Waals surface area contributed by atoms with Gasteiger partial charge in [-0.1, -0.05) is 0 Å². The molecule has 1 N–H and O–H groups in total. The standard InChI is InChI=1S/C13H20N2O3/c1-16-12-5-7-15-11(13(12)17-2)9-18-10-4-3-6-14-8-10/h5,7,10,14H,3-4,6,8-9H2,1-2H3/t10-/m0/s1. The van der Waals surface area contributed by atoms with Gasteiger partial charge in [-0.25, -0.2) is 0 Å². The van der Waals surface area contributed by atoms with Crippen molar-refractivity contribution in [2.75, 3.05) is 27.3 Å². The zero-order valence-corrected chi connectivity index (χ0v) is 10.9. The topological polar surface area (TPSA) is 52.6 Å². The van der Waals surface area contributed by atoms with E-state index in [4.69, 9.17) is 14.2 Å². The summed E-state index contributed by atoms with van der Waals surface area (Å²) < 4.78 is 16.4. The van der Waals surface area contributed by atoms with Gasteiger partial charge in [0.2, 0.25) is 0 Å². The van der Waals surface area contributed by atoms with Gasteiger partial charge in [-0.05, 0) is 19.4 Å². The van der Waals surface area contributed by atoms with Crippen LogP contribution in [0.1, 0.15) is 18.5 Å². The number of aromatic nitrogens is 1. The Morgan fingerprint density at radius 1 is 1.39 bits per heavy atom. The minimum Gasteiger partial charge on any atom is -0.493 e. The summed E-state index contributed by atoms with van der Waals surface area (Å²) in [7, 11) is 3.23. The lowest BCUT2D eigenvalue weighted by Crippen LogP contribution is -2.35. The molecule has 1 aliphatic rings. The summed E-state index contributed by atoms with van der Waals surface area (Å²) >= 11 is 0. The monoisotopic (exact) mass is 252 g/mol. The zero-order chi connectivity index (χ0) is 12.8. The van der Waals surface area contributed by atoms with Crippen LogP contribution in [0.25, 0.3) is 0 Å². The number of methoxy groups -OCH3 is 2. The molecule has 0 aromatic carbocycles. The molecule has 5 nitrogen and oxygen atoms in total. The molecule has 1 atom stereocenters. The maximum absolute atomic E-state index is 5.85. The number of nitrogens with zero attached hydrogens (tertiary/aromatic N) is 1. The highest BCUT2D eigenvalue weighted by Gasteiger charge is 2.16. The number of hydrogen-bond donors (Lipinski definition) is 1. The van der Waals surface area contributed by atoms with Gasteiger partial charge in [0.15, 0.2) is 11.5 Å². The van der Waals surface area contributed by atoms with E-state index in [1.807, 2.05) is 0 Å². The van der Waals surface area contributed by atoms with Crippen molar-refractivity contribution < 1.29 is 14.2 Å². The number of piperidine rings is 1. The number of ether oxygens (including phenoxy) is 3. The molecule has 0 radical (unpaired) electrons. The van der Waals surface area contributed by atoms with Crippen LogP contribution in [0.2, 0.25) is 0 Å². The molecule has 1 saturated heterocycles. The third-order valence-corrected chi connectivity index (χ3v) is 3.07. The van der Waals surface area contributed by atoms with Gasteiger partial charge in [0.25, 0.3) is 0 Å². The van der Waals surface area contributed by atoms with Crippen molar-refractivity contribution in [2.45, 2.75) is 25.6 Å². The lowest BCUT2D eigenvalue weighted by Gasteiger charge is -2.23. The second kappa shape index (κ2) is 6.56. The van der Waals surface area contributed by atoms with Gasteiger partial charge < -0.3 is 19.5 Å². The molecule has 2 rings (SSSR count). The largest absolute Gasteiger partial charge is 0.493 e. The van der Waals surface area contributed by atoms with Gasteiger partial charge in [-0.2, -0.15) is 0 Å². The molecule has 1 aromatic heterocycles. The van der Waals surface area contributed by atoms with E-state index in [-0.39, 0.29) is 6.10 Å². The van der Waals surface area contributed by atoms with Crippen molar-refractivity contribution in [3.8, 4) is 11.5 Å². The first-order valence-electron chi connectivity index (χ1n) is 6.23. The Morgan fingerprint density at radius 2 is 2.28 bits per heavy atom. The molecule has 2 heterocycles. The van der Waals surface area contributed by atoms with Crippen molar-refractivity contribution in [1.82, 2.24) is 10.3 Å². The van der Waals surface area contributed by atoms with E-state index < -0.39 is 0 Å². The zero-order valence-electron chi connectivity index (χ0n) is 10.9. The molecule has 0 amide bonds. The first-order chi connectivity index (χ1) is 8.85. The van der Waals surface area contributed by atoms with Crippen LogP contribution in [0.3, 0.4) is 0 Å². The average Bonchev–Trinajstić information content (AvgIpc) is 2.45. The van der Waals surface area contributed by atoms with Crippen LogP contribution in [-0.2, 0) is 11.3 Å². The first-order valence-corrected chi connectivity index (χ1v) is 6.23. The molecule has 0 bridgehead atoms. The van der Waals surface area contributed by atoms with Crippen molar-refractivity contribution in [1.29, 1.82) is 0 Å². The number of nitrogens with one attached hydrogen (secondary N) is 1. The normalized spacial score (nSPS) is 19.6. The Labute approximate surface area is 107 Å². The lowest BCUT2D eigenvalue weighted by atomic mass is 10.1. The Balaban J connectivity index is 1.99. The molecule has 0 spiro atoms. The molecule has 0 saturated carbocycles. The van der Waals surface area contributed by atoms with Gasteiger partial charge in [0.1, 0.15) is 5.69 Å². The fourth-order valence-electron chi connectivity index (χ4n) is 2.11. The highest BCUT2D eigenvalue weighted by Crippen LogP contribution is 2.29. The molecule has 100 valence electrons. The van der Waals surface area contributed by atoms with E-state index >= 15 is 0 Å². The quantitative estimate of drug-likeness (QED) is 0.857. The second-order valence-electron chi connectivity index (χ2n) is 4.27. The van der Waals surface area contributed by atoms with Crippen LogP contribution < -0.4 is 14.8 Å². The third-order valence-electron chi connectivity index (χ3n) is 3.07. The summed E-state index contributed by atoms with van der Waals surface area (Å²) in [5.41, 5.74) is 0.780. The minimum absolute atomic E-state index is 0.261. The van der Waals surface area contributed by atoms with Gasteiger partial charge >= 0.3 is 0 Å². The highest BCUT2D eigenvalue weighted by molar-refractivity contribution is 5.42. The van der Waals surface area contributed by atoms with Crippen LogP contribution >= 0.6 is 0 Å². The summed E-state index contributed by atoms with van der Waals surface area (Å²) in [5.74, 6) is 1.34. The van der Waals surface area contributed by atoms with E-state index in [1.165, 1.54) is 0 Å². The van der Waals surface area contributed by atoms with Gasteiger partial charge in [-0.3, -0.25) is 4.98 Å². The van der Waals surface area contributed by atoms with Crippen LogP contribution in [-0.4, -0.2) is 38.4 Å². The first kappa shape index (κ1) is 13.1. The molecule has 18 heavy (non-hydrogen) atoms. The minimum atomic E-state index is 0.261. The lowest BCUT2D eigenvalue weighted by molar-refractivity contribution is 0.0225. The smallest absolute Gasteiger partial charge is 0.184 e. The van der Waals surface area contributed by atoms with Crippen molar-refractivity contribution in [2.24, 2.45) is 0 Å². The summed E-state index contributed by atoms with van der Waals surface area (Å²) in [4.78, 5) is 4.29. The Kier molecular flexibility index (Phi) is 4.78. The molecule has 1 fully saturated rings. The van der Waals surface area contributed by atoms with Crippen molar-refractivity contribution in [3.05, 3.63) is 18.0 Å². The number of pyridine rings is 1. The van der Waals surface area contributed by atoms with E-state index in [0.717, 1.165) is 31.6 Å². The predicted molar refractivity (Wildman–Crippen MR) is 68.0 cm³/mol. The fraction of sp³-hybridized carbons (Fsp3) is 0.615. The van der Waals surface area contributed by atoms with E-state index in [2.05, 4.69) is 10.3 Å². The van der Waals surface area contributed by atoms with Crippen LogP contribution in [0.5, 0.6) is 11.5 Å². The molecule has 1 aliphatic heterocycles. The maximum Gasteiger partial charge on any atom is 0.184 e. The summed E-state index contributed by atoms with van der Waals surface area (Å²) in [6, 6.07) is 1.78. The fourth-order valence-corrected chi connectivity index (χ4v) is 2.11. The average molecular weight is 252 g/mol.